The fraction of sp³-hybridized carbons (Fsp3) is 0.667. The number of rotatable bonds is 3. The SMILES string of the molecule is Cc1nc(=O)[nH]c(C)c1CCC(=O)N1CCC2(CCCN(C)C2=O)C1. The number of piperidine rings is 1. The van der Waals surface area contributed by atoms with Crippen molar-refractivity contribution < 1.29 is 9.59 Å². The molecule has 0 radical (unpaired) electrons. The molecule has 2 amide bonds. The first kappa shape index (κ1) is 17.6. The van der Waals surface area contributed by atoms with Crippen molar-refractivity contribution in [1.29, 1.82) is 0 Å². The summed E-state index contributed by atoms with van der Waals surface area (Å²) >= 11 is 0. The van der Waals surface area contributed by atoms with Crippen LogP contribution in [0, 0.1) is 19.3 Å². The molecule has 2 fully saturated rings. The van der Waals surface area contributed by atoms with E-state index in [0.29, 0.717) is 31.6 Å². The minimum Gasteiger partial charge on any atom is -0.345 e. The van der Waals surface area contributed by atoms with Crippen LogP contribution in [-0.4, -0.2) is 58.3 Å². The number of carbonyl (C=O) groups is 2. The van der Waals surface area contributed by atoms with E-state index in [1.54, 1.807) is 11.8 Å². The van der Waals surface area contributed by atoms with E-state index in [1.807, 2.05) is 18.9 Å². The lowest BCUT2D eigenvalue weighted by atomic mass is 9.78. The Morgan fingerprint density at radius 1 is 1.24 bits per heavy atom. The molecule has 1 aromatic rings. The maximum atomic E-state index is 12.6. The van der Waals surface area contributed by atoms with E-state index in [2.05, 4.69) is 9.97 Å². The van der Waals surface area contributed by atoms with Gasteiger partial charge in [0, 0.05) is 44.5 Å². The first-order chi connectivity index (χ1) is 11.8. The zero-order valence-electron chi connectivity index (χ0n) is 15.2. The van der Waals surface area contributed by atoms with Crippen molar-refractivity contribution in [2.24, 2.45) is 5.41 Å². The van der Waals surface area contributed by atoms with Gasteiger partial charge in [-0.25, -0.2) is 4.79 Å². The highest BCUT2D eigenvalue weighted by molar-refractivity contribution is 5.86. The van der Waals surface area contributed by atoms with Gasteiger partial charge in [-0.05, 0) is 45.1 Å². The highest BCUT2D eigenvalue weighted by Gasteiger charge is 2.48. The molecule has 0 saturated carbocycles. The Balaban J connectivity index is 1.64. The van der Waals surface area contributed by atoms with E-state index >= 15 is 0 Å². The van der Waals surface area contributed by atoms with Crippen molar-refractivity contribution in [3.05, 3.63) is 27.4 Å². The van der Waals surface area contributed by atoms with E-state index < -0.39 is 0 Å². The number of amides is 2. The summed E-state index contributed by atoms with van der Waals surface area (Å²) in [7, 11) is 1.85. The topological polar surface area (TPSA) is 86.4 Å². The Hall–Kier alpha value is -2.18. The summed E-state index contributed by atoms with van der Waals surface area (Å²) in [5.74, 6) is 0.258. The van der Waals surface area contributed by atoms with Crippen molar-refractivity contribution in [2.75, 3.05) is 26.7 Å². The van der Waals surface area contributed by atoms with E-state index in [0.717, 1.165) is 37.1 Å². The number of carbonyl (C=O) groups excluding carboxylic acids is 2. The van der Waals surface area contributed by atoms with Gasteiger partial charge in [-0.15, -0.1) is 0 Å². The van der Waals surface area contributed by atoms with Crippen LogP contribution in [0.2, 0.25) is 0 Å². The van der Waals surface area contributed by atoms with Gasteiger partial charge in [0.1, 0.15) is 0 Å². The summed E-state index contributed by atoms with van der Waals surface area (Å²) in [6.07, 6.45) is 3.57. The third-order valence-electron chi connectivity index (χ3n) is 5.70. The summed E-state index contributed by atoms with van der Waals surface area (Å²) in [6, 6.07) is 0. The molecule has 0 aromatic carbocycles. The predicted octanol–water partition coefficient (Wildman–Crippen LogP) is 0.790. The Morgan fingerprint density at radius 3 is 2.72 bits per heavy atom. The molecule has 1 aromatic heterocycles. The molecule has 25 heavy (non-hydrogen) atoms. The molecule has 1 atom stereocenters. The number of H-pyrrole nitrogens is 1. The number of aromatic nitrogens is 2. The van der Waals surface area contributed by atoms with E-state index in [4.69, 9.17) is 0 Å². The monoisotopic (exact) mass is 346 g/mol. The smallest absolute Gasteiger partial charge is 0.345 e. The first-order valence-electron chi connectivity index (χ1n) is 8.92. The molecule has 1 N–H and O–H groups in total. The second-order valence-electron chi connectivity index (χ2n) is 7.41. The van der Waals surface area contributed by atoms with Crippen LogP contribution < -0.4 is 5.69 Å². The van der Waals surface area contributed by atoms with Gasteiger partial charge in [-0.3, -0.25) is 9.59 Å². The Labute approximate surface area is 147 Å². The molecule has 136 valence electrons. The Bertz CT molecular complexity index is 731. The van der Waals surface area contributed by atoms with Crippen molar-refractivity contribution >= 4 is 11.8 Å². The molecule has 3 heterocycles. The maximum absolute atomic E-state index is 12.6. The summed E-state index contributed by atoms with van der Waals surface area (Å²) in [4.78, 5) is 46.8. The third kappa shape index (κ3) is 3.32. The molecule has 7 heteroatoms. The molecular formula is C18H26N4O3. The fourth-order valence-electron chi connectivity index (χ4n) is 4.25. The van der Waals surface area contributed by atoms with E-state index in [1.165, 1.54) is 0 Å². The van der Waals surface area contributed by atoms with Crippen LogP contribution in [0.15, 0.2) is 4.79 Å². The second kappa shape index (κ2) is 6.61. The normalized spacial score (nSPS) is 23.6. The highest BCUT2D eigenvalue weighted by Crippen LogP contribution is 2.39. The molecule has 2 saturated heterocycles. The standard InChI is InChI=1S/C18H26N4O3/c1-12-14(13(2)20-17(25)19-12)5-6-15(23)22-10-8-18(11-22)7-4-9-21(3)16(18)24/h4-11H2,1-3H3,(H,19,20,25). The summed E-state index contributed by atoms with van der Waals surface area (Å²) in [6.45, 7) is 5.63. The van der Waals surface area contributed by atoms with E-state index in [-0.39, 0.29) is 22.9 Å². The average Bonchev–Trinajstić information content (AvgIpc) is 2.96. The molecular weight excluding hydrogens is 320 g/mol. The number of aromatic amines is 1. The van der Waals surface area contributed by atoms with Gasteiger partial charge in [0.15, 0.2) is 0 Å². The van der Waals surface area contributed by atoms with Crippen LogP contribution >= 0.6 is 0 Å². The van der Waals surface area contributed by atoms with Crippen molar-refractivity contribution in [3.63, 3.8) is 0 Å². The average molecular weight is 346 g/mol. The number of hydrogen-bond donors (Lipinski definition) is 1. The number of nitrogens with zero attached hydrogens (tertiary/aromatic N) is 3. The summed E-state index contributed by atoms with van der Waals surface area (Å²) in [5, 5.41) is 0. The van der Waals surface area contributed by atoms with Gasteiger partial charge in [0.25, 0.3) is 0 Å². The minimum absolute atomic E-state index is 0.0721. The largest absolute Gasteiger partial charge is 0.345 e. The first-order valence-corrected chi connectivity index (χ1v) is 8.92. The Kier molecular flexibility index (Phi) is 4.67. The molecule has 2 aliphatic rings. The van der Waals surface area contributed by atoms with Gasteiger partial charge in [0.05, 0.1) is 5.41 Å². The summed E-state index contributed by atoms with van der Waals surface area (Å²) < 4.78 is 0. The summed E-state index contributed by atoms with van der Waals surface area (Å²) in [5.41, 5.74) is 1.65. The molecule has 7 nitrogen and oxygen atoms in total. The molecule has 2 aliphatic heterocycles. The van der Waals surface area contributed by atoms with Gasteiger partial charge in [-0.1, -0.05) is 0 Å². The lowest BCUT2D eigenvalue weighted by molar-refractivity contribution is -0.144. The van der Waals surface area contributed by atoms with Crippen molar-refractivity contribution in [1.82, 2.24) is 19.8 Å². The highest BCUT2D eigenvalue weighted by atomic mass is 16.2. The van der Waals surface area contributed by atoms with Crippen molar-refractivity contribution in [3.8, 4) is 0 Å². The van der Waals surface area contributed by atoms with Gasteiger partial charge in [-0.2, -0.15) is 4.98 Å². The van der Waals surface area contributed by atoms with Crippen LogP contribution in [0.5, 0.6) is 0 Å². The molecule has 0 bridgehead atoms. The quantitative estimate of drug-likeness (QED) is 0.877. The molecule has 1 unspecified atom stereocenters. The maximum Gasteiger partial charge on any atom is 0.345 e. The zero-order chi connectivity index (χ0) is 18.2. The lowest BCUT2D eigenvalue weighted by Crippen LogP contribution is -2.48. The third-order valence-corrected chi connectivity index (χ3v) is 5.70. The number of hydrogen-bond acceptors (Lipinski definition) is 4. The van der Waals surface area contributed by atoms with Crippen LogP contribution in [0.4, 0.5) is 0 Å². The lowest BCUT2D eigenvalue weighted by Gasteiger charge is -2.37. The van der Waals surface area contributed by atoms with Crippen LogP contribution in [0.25, 0.3) is 0 Å². The van der Waals surface area contributed by atoms with Crippen molar-refractivity contribution in [2.45, 2.75) is 46.0 Å². The number of aryl methyl sites for hydroxylation is 2. The van der Waals surface area contributed by atoms with Crippen LogP contribution in [0.1, 0.15) is 42.6 Å². The zero-order valence-corrected chi connectivity index (χ0v) is 15.2. The van der Waals surface area contributed by atoms with Gasteiger partial charge in [0.2, 0.25) is 11.8 Å². The number of nitrogens with one attached hydrogen (secondary N) is 1. The number of likely N-dealkylation sites (tertiary alicyclic amines) is 2. The van der Waals surface area contributed by atoms with Gasteiger partial charge >= 0.3 is 5.69 Å². The molecule has 1 spiro atoms. The molecule has 3 rings (SSSR count). The second-order valence-corrected chi connectivity index (χ2v) is 7.41. The predicted molar refractivity (Wildman–Crippen MR) is 93.2 cm³/mol. The van der Waals surface area contributed by atoms with Gasteiger partial charge < -0.3 is 14.8 Å². The van der Waals surface area contributed by atoms with E-state index in [9.17, 15) is 14.4 Å². The molecule has 0 aliphatic carbocycles. The minimum atomic E-state index is -0.367. The Morgan fingerprint density at radius 2 is 2.00 bits per heavy atom. The van der Waals surface area contributed by atoms with Crippen LogP contribution in [-0.2, 0) is 16.0 Å². The fourth-order valence-corrected chi connectivity index (χ4v) is 4.25. The van der Waals surface area contributed by atoms with Crippen LogP contribution in [0.3, 0.4) is 0 Å².